The molecule has 0 atom stereocenters. The van der Waals surface area contributed by atoms with Crippen LogP contribution in [0.15, 0.2) is 36.4 Å². The fourth-order valence-electron chi connectivity index (χ4n) is 3.51. The molecule has 0 aliphatic heterocycles. The first-order valence-electron chi connectivity index (χ1n) is 10.0. The molecule has 2 rings (SSSR count). The molecule has 28 heavy (non-hydrogen) atoms. The van der Waals surface area contributed by atoms with Crippen molar-refractivity contribution < 1.29 is 9.53 Å². The van der Waals surface area contributed by atoms with E-state index in [4.69, 9.17) is 4.74 Å². The fraction of sp³-hybridized carbons (Fsp3) is 0.458. The predicted octanol–water partition coefficient (Wildman–Crippen LogP) is 5.53. The molecule has 0 aromatic heterocycles. The first kappa shape index (κ1) is 22.6. The Morgan fingerprint density at radius 2 is 1.25 bits per heavy atom. The van der Waals surface area contributed by atoms with Crippen molar-refractivity contribution in [2.45, 2.75) is 65.5 Å². The molecule has 0 spiro atoms. The standard InChI is InChI=1S/C24H36O2Si2/c1-24(2,3)18-12-14-20(22(16-18)28(8,9)10)19-13-11-17(23(25)26-4)15-21(19)27(5,6)7/h11-16H,1-10H3. The molecular weight excluding hydrogens is 376 g/mol. The van der Waals surface area contributed by atoms with Gasteiger partial charge in [-0.25, -0.2) is 4.79 Å². The summed E-state index contributed by atoms with van der Waals surface area (Å²) in [5.41, 5.74) is 4.77. The second kappa shape index (κ2) is 7.64. The van der Waals surface area contributed by atoms with E-state index in [-0.39, 0.29) is 11.4 Å². The van der Waals surface area contributed by atoms with Crippen LogP contribution in [0.2, 0.25) is 39.3 Å². The Kier molecular flexibility index (Phi) is 6.17. The van der Waals surface area contributed by atoms with Gasteiger partial charge in [0.05, 0.1) is 28.8 Å². The van der Waals surface area contributed by atoms with Crippen LogP contribution in [0, 0.1) is 0 Å². The van der Waals surface area contributed by atoms with Crippen molar-refractivity contribution in [3.63, 3.8) is 0 Å². The average Bonchev–Trinajstić information content (AvgIpc) is 2.57. The van der Waals surface area contributed by atoms with Gasteiger partial charge in [-0.15, -0.1) is 0 Å². The highest BCUT2D eigenvalue weighted by Gasteiger charge is 2.28. The van der Waals surface area contributed by atoms with E-state index >= 15 is 0 Å². The monoisotopic (exact) mass is 412 g/mol. The molecule has 0 unspecified atom stereocenters. The molecule has 0 aliphatic carbocycles. The lowest BCUT2D eigenvalue weighted by atomic mass is 9.86. The Labute approximate surface area is 173 Å². The molecule has 0 aliphatic rings. The highest BCUT2D eigenvalue weighted by atomic mass is 28.3. The summed E-state index contributed by atoms with van der Waals surface area (Å²) in [6.07, 6.45) is 0. The lowest BCUT2D eigenvalue weighted by Gasteiger charge is -2.29. The van der Waals surface area contributed by atoms with Crippen LogP contribution in [0.1, 0.15) is 36.7 Å². The van der Waals surface area contributed by atoms with Crippen molar-refractivity contribution in [1.29, 1.82) is 0 Å². The number of benzene rings is 2. The highest BCUT2D eigenvalue weighted by molar-refractivity contribution is 6.91. The van der Waals surface area contributed by atoms with Crippen LogP contribution in [-0.4, -0.2) is 29.2 Å². The van der Waals surface area contributed by atoms with Crippen molar-refractivity contribution in [3.8, 4) is 11.1 Å². The summed E-state index contributed by atoms with van der Waals surface area (Å²) in [6.45, 7) is 21.1. The molecule has 0 N–H and O–H groups in total. The maximum absolute atomic E-state index is 12.1. The number of rotatable bonds is 4. The Balaban J connectivity index is 2.82. The SMILES string of the molecule is COC(=O)c1ccc(-c2ccc(C(C)(C)C)cc2[Si](C)(C)C)c([Si](C)(C)C)c1. The Morgan fingerprint density at radius 1 is 0.786 bits per heavy atom. The highest BCUT2D eigenvalue weighted by Crippen LogP contribution is 2.28. The van der Waals surface area contributed by atoms with E-state index in [9.17, 15) is 4.79 Å². The molecule has 152 valence electrons. The van der Waals surface area contributed by atoms with Gasteiger partial charge in [-0.2, -0.15) is 0 Å². The maximum atomic E-state index is 12.1. The van der Waals surface area contributed by atoms with Gasteiger partial charge in [-0.3, -0.25) is 0 Å². The van der Waals surface area contributed by atoms with E-state index in [1.807, 2.05) is 6.07 Å². The lowest BCUT2D eigenvalue weighted by Crippen LogP contribution is -2.43. The summed E-state index contributed by atoms with van der Waals surface area (Å²) in [7, 11) is -1.80. The number of hydrogen-bond donors (Lipinski definition) is 0. The molecule has 2 aromatic carbocycles. The Hall–Kier alpha value is -1.66. The van der Waals surface area contributed by atoms with E-state index in [2.05, 4.69) is 90.4 Å². The minimum Gasteiger partial charge on any atom is -0.465 e. The van der Waals surface area contributed by atoms with E-state index < -0.39 is 16.1 Å². The smallest absolute Gasteiger partial charge is 0.337 e. The number of carbonyl (C=O) groups is 1. The minimum absolute atomic E-state index is 0.128. The zero-order valence-electron chi connectivity index (χ0n) is 19.3. The molecule has 0 bridgehead atoms. The maximum Gasteiger partial charge on any atom is 0.337 e. The molecule has 2 nitrogen and oxygen atoms in total. The van der Waals surface area contributed by atoms with Crippen LogP contribution in [0.3, 0.4) is 0 Å². The quantitative estimate of drug-likeness (QED) is 0.487. The molecule has 0 saturated heterocycles. The van der Waals surface area contributed by atoms with E-state index in [0.717, 1.165) is 0 Å². The number of esters is 1. The topological polar surface area (TPSA) is 26.3 Å². The number of ether oxygens (including phenoxy) is 1. The van der Waals surface area contributed by atoms with Gasteiger partial charge in [0.15, 0.2) is 0 Å². The summed E-state index contributed by atoms with van der Waals surface area (Å²) in [6, 6.07) is 13.1. The van der Waals surface area contributed by atoms with Crippen molar-refractivity contribution in [1.82, 2.24) is 0 Å². The fourth-order valence-corrected chi connectivity index (χ4v) is 6.74. The average molecular weight is 413 g/mol. The third-order valence-electron chi connectivity index (χ3n) is 5.23. The van der Waals surface area contributed by atoms with Gasteiger partial charge < -0.3 is 4.74 Å². The molecule has 2 aromatic rings. The normalized spacial score (nSPS) is 12.8. The zero-order chi connectivity index (χ0) is 21.5. The van der Waals surface area contributed by atoms with Gasteiger partial charge in [0.2, 0.25) is 0 Å². The van der Waals surface area contributed by atoms with Crippen molar-refractivity contribution >= 4 is 32.5 Å². The molecule has 0 fully saturated rings. The van der Waals surface area contributed by atoms with Gasteiger partial charge in [-0.1, -0.05) is 94.7 Å². The van der Waals surface area contributed by atoms with Crippen molar-refractivity contribution in [2.75, 3.05) is 7.11 Å². The molecule has 4 heteroatoms. The van der Waals surface area contributed by atoms with Gasteiger partial charge in [0, 0.05) is 0 Å². The van der Waals surface area contributed by atoms with Gasteiger partial charge >= 0.3 is 5.97 Å². The lowest BCUT2D eigenvalue weighted by molar-refractivity contribution is 0.0601. The Morgan fingerprint density at radius 3 is 1.68 bits per heavy atom. The summed E-state index contributed by atoms with van der Waals surface area (Å²) >= 11 is 0. The summed E-state index contributed by atoms with van der Waals surface area (Å²) < 4.78 is 4.96. The van der Waals surface area contributed by atoms with Crippen LogP contribution in [0.5, 0.6) is 0 Å². The molecule has 0 saturated carbocycles. The summed E-state index contributed by atoms with van der Waals surface area (Å²) in [4.78, 5) is 12.1. The Bertz CT molecular complexity index is 879. The van der Waals surface area contributed by atoms with Crippen LogP contribution in [0.4, 0.5) is 0 Å². The largest absolute Gasteiger partial charge is 0.465 e. The van der Waals surface area contributed by atoms with Crippen molar-refractivity contribution in [3.05, 3.63) is 47.5 Å². The van der Waals surface area contributed by atoms with Crippen LogP contribution >= 0.6 is 0 Å². The van der Waals surface area contributed by atoms with Crippen molar-refractivity contribution in [2.24, 2.45) is 0 Å². The summed E-state index contributed by atoms with van der Waals surface area (Å²) in [5.74, 6) is -0.264. The first-order chi connectivity index (χ1) is 12.7. The van der Waals surface area contributed by atoms with E-state index in [0.29, 0.717) is 5.56 Å². The minimum atomic E-state index is -1.68. The van der Waals surface area contributed by atoms with Crippen LogP contribution in [0.25, 0.3) is 11.1 Å². The number of hydrogen-bond acceptors (Lipinski definition) is 2. The number of methoxy groups -OCH3 is 1. The van der Waals surface area contributed by atoms with Gasteiger partial charge in [0.1, 0.15) is 0 Å². The molecule has 0 heterocycles. The van der Waals surface area contributed by atoms with Crippen LogP contribution in [-0.2, 0) is 10.2 Å². The van der Waals surface area contributed by atoms with E-state index in [1.165, 1.54) is 34.2 Å². The molecule has 0 radical (unpaired) electrons. The predicted molar refractivity (Wildman–Crippen MR) is 128 cm³/mol. The summed E-state index contributed by atoms with van der Waals surface area (Å²) in [5, 5.41) is 2.81. The second-order valence-corrected chi connectivity index (χ2v) is 20.8. The molecular formula is C24H36O2Si2. The third kappa shape index (κ3) is 4.84. The van der Waals surface area contributed by atoms with E-state index in [1.54, 1.807) is 0 Å². The number of carbonyl (C=O) groups excluding carboxylic acids is 1. The first-order valence-corrected chi connectivity index (χ1v) is 17.0. The zero-order valence-corrected chi connectivity index (χ0v) is 21.3. The molecule has 0 amide bonds. The third-order valence-corrected chi connectivity index (χ3v) is 9.29. The van der Waals surface area contributed by atoms with Gasteiger partial charge in [0.25, 0.3) is 0 Å². The second-order valence-electron chi connectivity index (χ2n) is 10.8. The van der Waals surface area contributed by atoms with Gasteiger partial charge in [-0.05, 0) is 34.2 Å². The van der Waals surface area contributed by atoms with Crippen LogP contribution < -0.4 is 10.4 Å².